The van der Waals surface area contributed by atoms with Gasteiger partial charge >= 0.3 is 12.0 Å². The Morgan fingerprint density at radius 1 is 1.43 bits per heavy atom. The summed E-state index contributed by atoms with van der Waals surface area (Å²) in [6.45, 7) is 7.59. The number of ether oxygens (including phenoxy) is 2. The van der Waals surface area contributed by atoms with Gasteiger partial charge in [-0.05, 0) is 20.3 Å². The van der Waals surface area contributed by atoms with Gasteiger partial charge in [-0.25, -0.2) is 4.79 Å². The Labute approximate surface area is 125 Å². The Morgan fingerprint density at radius 2 is 2.14 bits per heavy atom. The van der Waals surface area contributed by atoms with E-state index in [1.165, 1.54) is 0 Å². The van der Waals surface area contributed by atoms with E-state index in [1.807, 2.05) is 20.8 Å². The highest BCUT2D eigenvalue weighted by molar-refractivity contribution is 5.77. The van der Waals surface area contributed by atoms with Gasteiger partial charge in [0.05, 0.1) is 32.0 Å². The molecule has 0 aromatic heterocycles. The minimum atomic E-state index is -0.922. The molecule has 1 aliphatic heterocycles. The van der Waals surface area contributed by atoms with E-state index in [9.17, 15) is 14.7 Å². The van der Waals surface area contributed by atoms with Crippen LogP contribution >= 0.6 is 0 Å². The molecule has 0 saturated carbocycles. The zero-order chi connectivity index (χ0) is 15.8. The van der Waals surface area contributed by atoms with Crippen LogP contribution in [-0.2, 0) is 14.3 Å². The second-order valence-electron chi connectivity index (χ2n) is 5.39. The molecule has 1 fully saturated rings. The van der Waals surface area contributed by atoms with Gasteiger partial charge in [-0.3, -0.25) is 4.79 Å². The third-order valence-corrected chi connectivity index (χ3v) is 3.32. The van der Waals surface area contributed by atoms with E-state index in [0.717, 1.165) is 6.42 Å². The molecular weight excluding hydrogens is 276 g/mol. The fraction of sp³-hybridized carbons (Fsp3) is 0.857. The van der Waals surface area contributed by atoms with Crippen LogP contribution in [0.25, 0.3) is 0 Å². The molecule has 1 rings (SSSR count). The average molecular weight is 302 g/mol. The first-order chi connectivity index (χ1) is 9.97. The highest BCUT2D eigenvalue weighted by atomic mass is 16.5. The molecule has 21 heavy (non-hydrogen) atoms. The maximum Gasteiger partial charge on any atom is 0.317 e. The van der Waals surface area contributed by atoms with Crippen molar-refractivity contribution in [2.75, 3.05) is 32.9 Å². The van der Waals surface area contributed by atoms with Gasteiger partial charge in [-0.2, -0.15) is 0 Å². The minimum absolute atomic E-state index is 0.119. The third-order valence-electron chi connectivity index (χ3n) is 3.32. The highest BCUT2D eigenvalue weighted by Crippen LogP contribution is 2.20. The fourth-order valence-corrected chi connectivity index (χ4v) is 2.30. The summed E-state index contributed by atoms with van der Waals surface area (Å²) >= 11 is 0. The van der Waals surface area contributed by atoms with Crippen molar-refractivity contribution in [3.05, 3.63) is 0 Å². The van der Waals surface area contributed by atoms with Gasteiger partial charge in [0.15, 0.2) is 0 Å². The number of carbonyl (C=O) groups excluding carboxylic acids is 1. The highest BCUT2D eigenvalue weighted by Gasteiger charge is 2.39. The zero-order valence-electron chi connectivity index (χ0n) is 13.0. The molecule has 7 nitrogen and oxygen atoms in total. The number of carbonyl (C=O) groups is 2. The number of hydrogen-bond acceptors (Lipinski definition) is 4. The molecule has 0 aromatic carbocycles. The first kappa shape index (κ1) is 17.7. The lowest BCUT2D eigenvalue weighted by atomic mass is 10.0. The number of aliphatic carboxylic acids is 1. The first-order valence-electron chi connectivity index (χ1n) is 7.44. The van der Waals surface area contributed by atoms with Gasteiger partial charge in [0.25, 0.3) is 0 Å². The number of carboxylic acids is 1. The van der Waals surface area contributed by atoms with Gasteiger partial charge in [0.1, 0.15) is 5.92 Å². The number of urea groups is 1. The molecule has 1 aliphatic rings. The molecule has 7 heteroatoms. The number of nitrogens with zero attached hydrogens (tertiary/aromatic N) is 1. The third kappa shape index (κ3) is 5.51. The van der Waals surface area contributed by atoms with E-state index < -0.39 is 17.9 Å². The van der Waals surface area contributed by atoms with Crippen LogP contribution in [0.4, 0.5) is 4.79 Å². The lowest BCUT2D eigenvalue weighted by Crippen LogP contribution is -2.51. The van der Waals surface area contributed by atoms with Crippen molar-refractivity contribution in [1.82, 2.24) is 10.2 Å². The van der Waals surface area contributed by atoms with Crippen LogP contribution in [0.2, 0.25) is 0 Å². The molecule has 2 unspecified atom stereocenters. The van der Waals surface area contributed by atoms with Crippen LogP contribution in [0.1, 0.15) is 27.2 Å². The van der Waals surface area contributed by atoms with Crippen LogP contribution < -0.4 is 5.32 Å². The second-order valence-corrected chi connectivity index (χ2v) is 5.39. The normalized spacial score (nSPS) is 21.5. The van der Waals surface area contributed by atoms with Crippen LogP contribution in [0.3, 0.4) is 0 Å². The molecule has 2 amide bonds. The molecule has 122 valence electrons. The van der Waals surface area contributed by atoms with E-state index in [1.54, 1.807) is 4.90 Å². The predicted octanol–water partition coefficient (Wildman–Crippen LogP) is 0.933. The summed E-state index contributed by atoms with van der Waals surface area (Å²) in [5.74, 6) is -1.58. The summed E-state index contributed by atoms with van der Waals surface area (Å²) in [4.78, 5) is 25.0. The van der Waals surface area contributed by atoms with Crippen LogP contribution in [0.5, 0.6) is 0 Å². The van der Waals surface area contributed by atoms with E-state index in [-0.39, 0.29) is 25.3 Å². The number of hydrogen-bond donors (Lipinski definition) is 2. The summed E-state index contributed by atoms with van der Waals surface area (Å²) in [7, 11) is 0. The molecule has 0 aliphatic carbocycles. The fourth-order valence-electron chi connectivity index (χ4n) is 2.30. The van der Waals surface area contributed by atoms with Crippen molar-refractivity contribution < 1.29 is 24.2 Å². The minimum Gasteiger partial charge on any atom is -0.481 e. The monoisotopic (exact) mass is 302 g/mol. The molecule has 2 atom stereocenters. The van der Waals surface area contributed by atoms with Gasteiger partial charge in [0.2, 0.25) is 0 Å². The second kappa shape index (κ2) is 8.84. The Bertz CT molecular complexity index is 348. The van der Waals surface area contributed by atoms with Crippen molar-refractivity contribution >= 4 is 12.0 Å². The molecule has 0 bridgehead atoms. The average Bonchev–Trinajstić information content (AvgIpc) is 2.89. The Kier molecular flexibility index (Phi) is 7.45. The topological polar surface area (TPSA) is 88.1 Å². The Morgan fingerprint density at radius 3 is 2.71 bits per heavy atom. The predicted molar refractivity (Wildman–Crippen MR) is 77.2 cm³/mol. The van der Waals surface area contributed by atoms with Gasteiger partial charge < -0.3 is 24.8 Å². The smallest absolute Gasteiger partial charge is 0.317 e. The Hall–Kier alpha value is -1.34. The van der Waals surface area contributed by atoms with Crippen molar-refractivity contribution in [3.63, 3.8) is 0 Å². The lowest BCUT2D eigenvalue weighted by Gasteiger charge is -2.30. The Balaban J connectivity index is 2.55. The van der Waals surface area contributed by atoms with Gasteiger partial charge in [-0.1, -0.05) is 6.92 Å². The van der Waals surface area contributed by atoms with Gasteiger partial charge in [-0.15, -0.1) is 0 Å². The van der Waals surface area contributed by atoms with E-state index in [0.29, 0.717) is 19.7 Å². The number of carboxylic acid groups (broad SMARTS) is 1. The molecule has 0 aromatic rings. The standard InChI is InChI=1S/C14H26N2O5/c1-4-6-16(12-9-20-8-11(12)13(17)18)14(19)15-5-7-21-10(2)3/h10-12H,4-9H2,1-3H3,(H,15,19)(H,17,18). The van der Waals surface area contributed by atoms with Crippen molar-refractivity contribution in [1.29, 1.82) is 0 Å². The number of rotatable bonds is 8. The quantitative estimate of drug-likeness (QED) is 0.651. The summed E-state index contributed by atoms with van der Waals surface area (Å²) < 4.78 is 10.6. The maximum absolute atomic E-state index is 12.2. The zero-order valence-corrected chi connectivity index (χ0v) is 13.0. The van der Waals surface area contributed by atoms with Crippen LogP contribution in [0, 0.1) is 5.92 Å². The van der Waals surface area contributed by atoms with Gasteiger partial charge in [0, 0.05) is 13.1 Å². The van der Waals surface area contributed by atoms with E-state index in [4.69, 9.17) is 9.47 Å². The molecule has 0 spiro atoms. The van der Waals surface area contributed by atoms with Crippen molar-refractivity contribution in [2.24, 2.45) is 5.92 Å². The lowest BCUT2D eigenvalue weighted by molar-refractivity contribution is -0.142. The maximum atomic E-state index is 12.2. The summed E-state index contributed by atoms with van der Waals surface area (Å²) in [5.41, 5.74) is 0. The molecule has 1 saturated heterocycles. The molecule has 1 heterocycles. The van der Waals surface area contributed by atoms with Crippen LogP contribution in [0.15, 0.2) is 0 Å². The van der Waals surface area contributed by atoms with E-state index >= 15 is 0 Å². The largest absolute Gasteiger partial charge is 0.481 e. The molecular formula is C14H26N2O5. The first-order valence-corrected chi connectivity index (χ1v) is 7.44. The summed E-state index contributed by atoms with van der Waals surface area (Å²) in [6.07, 6.45) is 0.881. The SMILES string of the molecule is CCCN(C(=O)NCCOC(C)C)C1COCC1C(=O)O. The summed E-state index contributed by atoms with van der Waals surface area (Å²) in [5, 5.41) is 12.0. The molecule has 0 radical (unpaired) electrons. The number of amides is 2. The molecule has 2 N–H and O–H groups in total. The summed E-state index contributed by atoms with van der Waals surface area (Å²) in [6, 6.07) is -0.667. The van der Waals surface area contributed by atoms with Crippen LogP contribution in [-0.4, -0.2) is 67.1 Å². The van der Waals surface area contributed by atoms with Crippen molar-refractivity contribution in [2.45, 2.75) is 39.3 Å². The van der Waals surface area contributed by atoms with Crippen molar-refractivity contribution in [3.8, 4) is 0 Å². The number of nitrogens with one attached hydrogen (secondary N) is 1. The van der Waals surface area contributed by atoms with E-state index in [2.05, 4.69) is 5.32 Å².